The highest BCUT2D eigenvalue weighted by Crippen LogP contribution is 2.14. The second-order valence-corrected chi connectivity index (χ2v) is 4.70. The number of carbonyl (C=O) groups is 2. The molecule has 0 unspecified atom stereocenters. The molecule has 0 fully saturated rings. The summed E-state index contributed by atoms with van der Waals surface area (Å²) in [6, 6.07) is 11.5. The molecule has 1 atom stereocenters. The third-order valence-electron chi connectivity index (χ3n) is 2.64. The highest BCUT2D eigenvalue weighted by Gasteiger charge is 2.19. The maximum absolute atomic E-state index is 11.9. The van der Waals surface area contributed by atoms with Crippen LogP contribution in [-0.4, -0.2) is 23.0 Å². The van der Waals surface area contributed by atoms with Gasteiger partial charge in [-0.05, 0) is 43.3 Å². The van der Waals surface area contributed by atoms with Gasteiger partial charge in [-0.1, -0.05) is 17.7 Å². The van der Waals surface area contributed by atoms with E-state index in [2.05, 4.69) is 10.3 Å². The smallest absolute Gasteiger partial charge is 0.357 e. The summed E-state index contributed by atoms with van der Waals surface area (Å²) in [5.74, 6) is -1.07. The first kappa shape index (κ1) is 15.0. The molecule has 0 saturated carbocycles. The normalized spacial score (nSPS) is 11.5. The first-order chi connectivity index (χ1) is 10.1. The van der Waals surface area contributed by atoms with Gasteiger partial charge in [-0.25, -0.2) is 9.78 Å². The summed E-state index contributed by atoms with van der Waals surface area (Å²) in [5, 5.41) is 3.20. The second-order valence-electron chi connectivity index (χ2n) is 4.26. The SMILES string of the molecule is C[C@H](OC(=O)c1ccccn1)C(=O)Nc1ccc(Cl)cc1. The van der Waals surface area contributed by atoms with Crippen LogP contribution in [0.15, 0.2) is 48.7 Å². The Morgan fingerprint density at radius 1 is 1.19 bits per heavy atom. The third kappa shape index (κ3) is 4.29. The topological polar surface area (TPSA) is 68.3 Å². The van der Waals surface area contributed by atoms with E-state index in [0.717, 1.165) is 0 Å². The van der Waals surface area contributed by atoms with Crippen molar-refractivity contribution in [2.75, 3.05) is 5.32 Å². The lowest BCUT2D eigenvalue weighted by atomic mass is 10.3. The number of hydrogen-bond acceptors (Lipinski definition) is 4. The number of esters is 1. The van der Waals surface area contributed by atoms with Crippen LogP contribution >= 0.6 is 11.6 Å². The molecule has 0 aliphatic rings. The zero-order valence-corrected chi connectivity index (χ0v) is 12.0. The second kappa shape index (κ2) is 6.85. The Kier molecular flexibility index (Phi) is 4.90. The number of halogens is 1. The summed E-state index contributed by atoms with van der Waals surface area (Å²) in [7, 11) is 0. The van der Waals surface area contributed by atoms with E-state index in [9.17, 15) is 9.59 Å². The van der Waals surface area contributed by atoms with Crippen molar-refractivity contribution in [3.8, 4) is 0 Å². The van der Waals surface area contributed by atoms with Gasteiger partial charge in [0, 0.05) is 16.9 Å². The number of nitrogens with one attached hydrogen (secondary N) is 1. The molecule has 2 rings (SSSR count). The zero-order valence-electron chi connectivity index (χ0n) is 11.2. The molecule has 0 bridgehead atoms. The van der Waals surface area contributed by atoms with E-state index < -0.39 is 18.0 Å². The van der Waals surface area contributed by atoms with Gasteiger partial charge in [-0.2, -0.15) is 0 Å². The number of aromatic nitrogens is 1. The van der Waals surface area contributed by atoms with Crippen molar-refractivity contribution in [2.24, 2.45) is 0 Å². The first-order valence-corrected chi connectivity index (χ1v) is 6.62. The van der Waals surface area contributed by atoms with Crippen LogP contribution < -0.4 is 5.32 Å². The van der Waals surface area contributed by atoms with Gasteiger partial charge in [-0.15, -0.1) is 0 Å². The lowest BCUT2D eigenvalue weighted by Gasteiger charge is -2.13. The molecule has 6 heteroatoms. The minimum absolute atomic E-state index is 0.156. The van der Waals surface area contributed by atoms with Crippen LogP contribution in [0.2, 0.25) is 5.02 Å². The van der Waals surface area contributed by atoms with E-state index in [-0.39, 0.29) is 5.69 Å². The van der Waals surface area contributed by atoms with Crippen LogP contribution in [0.25, 0.3) is 0 Å². The maximum atomic E-state index is 11.9. The van der Waals surface area contributed by atoms with E-state index in [1.54, 1.807) is 36.4 Å². The molecule has 0 saturated heterocycles. The van der Waals surface area contributed by atoms with Gasteiger partial charge in [0.25, 0.3) is 5.91 Å². The molecule has 21 heavy (non-hydrogen) atoms. The number of anilines is 1. The van der Waals surface area contributed by atoms with Crippen molar-refractivity contribution in [1.29, 1.82) is 0 Å². The van der Waals surface area contributed by atoms with Crippen molar-refractivity contribution in [1.82, 2.24) is 4.98 Å². The van der Waals surface area contributed by atoms with Crippen molar-refractivity contribution in [3.63, 3.8) is 0 Å². The molecule has 5 nitrogen and oxygen atoms in total. The van der Waals surface area contributed by atoms with E-state index in [1.165, 1.54) is 19.2 Å². The van der Waals surface area contributed by atoms with Crippen molar-refractivity contribution >= 4 is 29.2 Å². The molecule has 0 spiro atoms. The Balaban J connectivity index is 1.93. The molecule has 1 amide bonds. The molecule has 1 aromatic heterocycles. The number of carbonyl (C=O) groups excluding carboxylic acids is 2. The van der Waals surface area contributed by atoms with Gasteiger partial charge in [0.2, 0.25) is 0 Å². The Morgan fingerprint density at radius 3 is 2.52 bits per heavy atom. The van der Waals surface area contributed by atoms with Crippen molar-refractivity contribution < 1.29 is 14.3 Å². The van der Waals surface area contributed by atoms with E-state index in [4.69, 9.17) is 16.3 Å². The molecule has 1 heterocycles. The number of rotatable bonds is 4. The Bertz CT molecular complexity index is 629. The number of amides is 1. The Labute approximate surface area is 126 Å². The molecule has 1 N–H and O–H groups in total. The highest BCUT2D eigenvalue weighted by atomic mass is 35.5. The number of pyridine rings is 1. The van der Waals surface area contributed by atoms with Crippen LogP contribution in [0.3, 0.4) is 0 Å². The molecule has 0 aliphatic carbocycles. The summed E-state index contributed by atoms with van der Waals surface area (Å²) >= 11 is 5.76. The standard InChI is InChI=1S/C15H13ClN2O3/c1-10(21-15(20)13-4-2-3-9-17-13)14(19)18-12-7-5-11(16)6-8-12/h2-10H,1H3,(H,18,19)/t10-/m0/s1. The first-order valence-electron chi connectivity index (χ1n) is 6.24. The maximum Gasteiger partial charge on any atom is 0.357 e. The Morgan fingerprint density at radius 2 is 1.90 bits per heavy atom. The predicted octanol–water partition coefficient (Wildman–Crippen LogP) is 2.92. The quantitative estimate of drug-likeness (QED) is 0.882. The van der Waals surface area contributed by atoms with Crippen LogP contribution in [0.5, 0.6) is 0 Å². The lowest BCUT2D eigenvalue weighted by Crippen LogP contribution is -2.30. The molecule has 108 valence electrons. The summed E-state index contributed by atoms with van der Waals surface area (Å²) < 4.78 is 5.05. The summed E-state index contributed by atoms with van der Waals surface area (Å²) in [5.41, 5.74) is 0.730. The van der Waals surface area contributed by atoms with Crippen molar-refractivity contribution in [2.45, 2.75) is 13.0 Å². The van der Waals surface area contributed by atoms with Crippen molar-refractivity contribution in [3.05, 3.63) is 59.4 Å². The fraction of sp³-hybridized carbons (Fsp3) is 0.133. The fourth-order valence-corrected chi connectivity index (χ4v) is 1.66. The monoisotopic (exact) mass is 304 g/mol. The zero-order chi connectivity index (χ0) is 15.2. The molecule has 1 aromatic carbocycles. The summed E-state index contributed by atoms with van der Waals surface area (Å²) in [6.45, 7) is 1.49. The minimum Gasteiger partial charge on any atom is -0.448 e. The molecule has 2 aromatic rings. The Hall–Kier alpha value is -2.40. The van der Waals surface area contributed by atoms with E-state index >= 15 is 0 Å². The van der Waals surface area contributed by atoms with Crippen LogP contribution in [-0.2, 0) is 9.53 Å². The molecular weight excluding hydrogens is 292 g/mol. The van der Waals surface area contributed by atoms with Crippen LogP contribution in [0.4, 0.5) is 5.69 Å². The van der Waals surface area contributed by atoms with Gasteiger partial charge >= 0.3 is 5.97 Å². The number of nitrogens with zero attached hydrogens (tertiary/aromatic N) is 1. The number of ether oxygens (including phenoxy) is 1. The minimum atomic E-state index is -0.935. The summed E-state index contributed by atoms with van der Waals surface area (Å²) in [6.07, 6.45) is 0.546. The number of hydrogen-bond donors (Lipinski definition) is 1. The fourth-order valence-electron chi connectivity index (χ4n) is 1.54. The predicted molar refractivity (Wildman–Crippen MR) is 79.2 cm³/mol. The van der Waals surface area contributed by atoms with Gasteiger partial charge in [0.15, 0.2) is 6.10 Å². The van der Waals surface area contributed by atoms with Gasteiger partial charge in [-0.3, -0.25) is 4.79 Å². The lowest BCUT2D eigenvalue weighted by molar-refractivity contribution is -0.123. The number of benzene rings is 1. The summed E-state index contributed by atoms with van der Waals surface area (Å²) in [4.78, 5) is 27.6. The van der Waals surface area contributed by atoms with E-state index in [1.807, 2.05) is 0 Å². The molecular formula is C15H13ClN2O3. The van der Waals surface area contributed by atoms with E-state index in [0.29, 0.717) is 10.7 Å². The largest absolute Gasteiger partial charge is 0.448 e. The van der Waals surface area contributed by atoms with Gasteiger partial charge in [0.05, 0.1) is 0 Å². The molecule has 0 radical (unpaired) electrons. The average Bonchev–Trinajstić information content (AvgIpc) is 2.50. The average molecular weight is 305 g/mol. The van der Waals surface area contributed by atoms with Crippen LogP contribution in [0.1, 0.15) is 17.4 Å². The molecule has 0 aliphatic heterocycles. The van der Waals surface area contributed by atoms with Crippen LogP contribution in [0, 0.1) is 0 Å². The van der Waals surface area contributed by atoms with Gasteiger partial charge < -0.3 is 10.1 Å². The van der Waals surface area contributed by atoms with Gasteiger partial charge in [0.1, 0.15) is 5.69 Å². The highest BCUT2D eigenvalue weighted by molar-refractivity contribution is 6.30. The third-order valence-corrected chi connectivity index (χ3v) is 2.89.